The number of rotatable bonds is 5. The second-order valence-electron chi connectivity index (χ2n) is 5.98. The summed E-state index contributed by atoms with van der Waals surface area (Å²) in [5.74, 6) is 4.04. The quantitative estimate of drug-likeness (QED) is 0.906. The Balaban J connectivity index is 1.73. The summed E-state index contributed by atoms with van der Waals surface area (Å²) in [6.07, 6.45) is 5.89. The van der Waals surface area contributed by atoms with E-state index in [1.165, 1.54) is 17.7 Å². The van der Waals surface area contributed by atoms with E-state index in [9.17, 15) is 0 Å². The molecule has 4 heteroatoms. The van der Waals surface area contributed by atoms with Gasteiger partial charge in [0.15, 0.2) is 11.5 Å². The van der Waals surface area contributed by atoms with Crippen LogP contribution in [0, 0.1) is 0 Å². The number of ether oxygens (including phenoxy) is 2. The molecule has 3 nitrogen and oxygen atoms in total. The van der Waals surface area contributed by atoms with Crippen molar-refractivity contribution in [1.29, 1.82) is 0 Å². The summed E-state index contributed by atoms with van der Waals surface area (Å²) in [5.41, 5.74) is 7.50. The van der Waals surface area contributed by atoms with Crippen LogP contribution in [0.3, 0.4) is 0 Å². The molecule has 1 heterocycles. The summed E-state index contributed by atoms with van der Waals surface area (Å²) in [6, 6.07) is 6.23. The molecule has 0 radical (unpaired) electrons. The van der Waals surface area contributed by atoms with Gasteiger partial charge >= 0.3 is 0 Å². The summed E-state index contributed by atoms with van der Waals surface area (Å²) < 4.78 is 11.6. The first-order valence-corrected chi connectivity index (χ1v) is 8.54. The minimum absolute atomic E-state index is 0.0343. The van der Waals surface area contributed by atoms with E-state index in [0.29, 0.717) is 6.10 Å². The molecule has 1 saturated carbocycles. The van der Waals surface area contributed by atoms with Gasteiger partial charge in [-0.25, -0.2) is 0 Å². The first-order valence-electron chi connectivity index (χ1n) is 7.39. The second kappa shape index (κ2) is 5.86. The zero-order valence-electron chi connectivity index (χ0n) is 12.1. The average Bonchev–Trinajstić information content (AvgIpc) is 3.18. The Morgan fingerprint density at radius 1 is 1.35 bits per heavy atom. The lowest BCUT2D eigenvalue weighted by molar-refractivity contribution is 0.202. The van der Waals surface area contributed by atoms with Gasteiger partial charge in [0.1, 0.15) is 6.10 Å². The number of nitrogens with two attached hydrogens (primary N) is 1. The molecule has 2 N–H and O–H groups in total. The second-order valence-corrected chi connectivity index (χ2v) is 7.13. The van der Waals surface area contributed by atoms with E-state index in [4.69, 9.17) is 15.2 Å². The highest BCUT2D eigenvalue weighted by Crippen LogP contribution is 2.38. The van der Waals surface area contributed by atoms with Crippen LogP contribution in [-0.2, 0) is 6.42 Å². The summed E-state index contributed by atoms with van der Waals surface area (Å²) in [4.78, 5) is 0. The highest BCUT2D eigenvalue weighted by Gasteiger charge is 2.38. The third-order valence-electron chi connectivity index (χ3n) is 4.09. The molecular weight excluding hydrogens is 270 g/mol. The summed E-state index contributed by atoms with van der Waals surface area (Å²) in [7, 11) is 1.70. The number of methoxy groups -OCH3 is 1. The molecule has 1 aliphatic carbocycles. The molecule has 1 saturated heterocycles. The van der Waals surface area contributed by atoms with Gasteiger partial charge in [-0.1, -0.05) is 6.07 Å². The maximum Gasteiger partial charge on any atom is 0.161 e. The Kier molecular flexibility index (Phi) is 4.13. The maximum atomic E-state index is 6.21. The fourth-order valence-corrected chi connectivity index (χ4v) is 3.69. The molecule has 3 rings (SSSR count). The lowest BCUT2D eigenvalue weighted by Crippen LogP contribution is -2.25. The van der Waals surface area contributed by atoms with Crippen LogP contribution >= 0.6 is 11.8 Å². The number of thioether (sulfide) groups is 1. The SMILES string of the molecule is COc1ccc(CC2(N)CC2)cc1OC1CCCSC1. The molecule has 2 aliphatic rings. The summed E-state index contributed by atoms with van der Waals surface area (Å²) >= 11 is 1.97. The number of hydrogen-bond acceptors (Lipinski definition) is 4. The van der Waals surface area contributed by atoms with Crippen molar-refractivity contribution >= 4 is 11.8 Å². The first-order chi connectivity index (χ1) is 9.68. The van der Waals surface area contributed by atoms with Crippen LogP contribution in [0.2, 0.25) is 0 Å². The van der Waals surface area contributed by atoms with Crippen LogP contribution in [0.15, 0.2) is 18.2 Å². The smallest absolute Gasteiger partial charge is 0.161 e. The van der Waals surface area contributed by atoms with Crippen molar-refractivity contribution in [2.45, 2.75) is 43.7 Å². The number of hydrogen-bond donors (Lipinski definition) is 1. The zero-order chi connectivity index (χ0) is 14.0. The van der Waals surface area contributed by atoms with E-state index in [1.54, 1.807) is 7.11 Å². The Morgan fingerprint density at radius 2 is 2.20 bits per heavy atom. The fraction of sp³-hybridized carbons (Fsp3) is 0.625. The van der Waals surface area contributed by atoms with Gasteiger partial charge in [0.25, 0.3) is 0 Å². The van der Waals surface area contributed by atoms with Crippen molar-refractivity contribution in [1.82, 2.24) is 0 Å². The highest BCUT2D eigenvalue weighted by atomic mass is 32.2. The van der Waals surface area contributed by atoms with Gasteiger partial charge in [0.05, 0.1) is 7.11 Å². The largest absolute Gasteiger partial charge is 0.493 e. The molecule has 20 heavy (non-hydrogen) atoms. The average molecular weight is 293 g/mol. The molecule has 1 unspecified atom stereocenters. The highest BCUT2D eigenvalue weighted by molar-refractivity contribution is 7.99. The molecular formula is C16H23NO2S. The van der Waals surface area contributed by atoms with Gasteiger partial charge < -0.3 is 15.2 Å². The fourth-order valence-electron chi connectivity index (χ4n) is 2.65. The summed E-state index contributed by atoms with van der Waals surface area (Å²) in [5, 5.41) is 0. The van der Waals surface area contributed by atoms with Crippen LogP contribution in [0.1, 0.15) is 31.2 Å². The van der Waals surface area contributed by atoms with Gasteiger partial charge in [0.2, 0.25) is 0 Å². The van der Waals surface area contributed by atoms with Crippen molar-refractivity contribution in [2.24, 2.45) is 5.73 Å². The minimum atomic E-state index is 0.0343. The molecule has 1 aromatic rings. The van der Waals surface area contributed by atoms with Crippen LogP contribution in [0.4, 0.5) is 0 Å². The molecule has 1 aliphatic heterocycles. The first kappa shape index (κ1) is 14.1. The zero-order valence-corrected chi connectivity index (χ0v) is 12.9. The Labute approximate surface area is 125 Å². The molecule has 1 aromatic carbocycles. The molecule has 0 amide bonds. The van der Waals surface area contributed by atoms with Crippen molar-refractivity contribution in [3.8, 4) is 11.5 Å². The lowest BCUT2D eigenvalue weighted by atomic mass is 10.0. The van der Waals surface area contributed by atoms with E-state index < -0.39 is 0 Å². The van der Waals surface area contributed by atoms with Gasteiger partial charge in [0, 0.05) is 11.3 Å². The van der Waals surface area contributed by atoms with Crippen molar-refractivity contribution in [3.05, 3.63) is 23.8 Å². The van der Waals surface area contributed by atoms with Crippen LogP contribution < -0.4 is 15.2 Å². The molecule has 1 atom stereocenters. The van der Waals surface area contributed by atoms with E-state index in [0.717, 1.165) is 42.9 Å². The van der Waals surface area contributed by atoms with Gasteiger partial charge in [-0.3, -0.25) is 0 Å². The maximum absolute atomic E-state index is 6.21. The van der Waals surface area contributed by atoms with E-state index in [1.807, 2.05) is 17.8 Å². The van der Waals surface area contributed by atoms with Gasteiger partial charge in [-0.15, -0.1) is 0 Å². The van der Waals surface area contributed by atoms with Crippen LogP contribution in [0.25, 0.3) is 0 Å². The lowest BCUT2D eigenvalue weighted by Gasteiger charge is -2.24. The third kappa shape index (κ3) is 3.41. The van der Waals surface area contributed by atoms with Crippen molar-refractivity contribution in [2.75, 3.05) is 18.6 Å². The Morgan fingerprint density at radius 3 is 2.85 bits per heavy atom. The topological polar surface area (TPSA) is 44.5 Å². The normalized spacial score (nSPS) is 24.2. The van der Waals surface area contributed by atoms with Gasteiger partial charge in [-0.05, 0) is 55.6 Å². The third-order valence-corrected chi connectivity index (χ3v) is 5.27. The molecule has 110 valence electrons. The van der Waals surface area contributed by atoms with Gasteiger partial charge in [-0.2, -0.15) is 11.8 Å². The van der Waals surface area contributed by atoms with Crippen molar-refractivity contribution in [3.63, 3.8) is 0 Å². The molecule has 0 spiro atoms. The molecule has 0 bridgehead atoms. The minimum Gasteiger partial charge on any atom is -0.493 e. The van der Waals surface area contributed by atoms with Crippen LogP contribution in [0.5, 0.6) is 11.5 Å². The van der Waals surface area contributed by atoms with E-state index in [-0.39, 0.29) is 5.54 Å². The summed E-state index contributed by atoms with van der Waals surface area (Å²) in [6.45, 7) is 0. The monoisotopic (exact) mass is 293 g/mol. The van der Waals surface area contributed by atoms with E-state index in [2.05, 4.69) is 12.1 Å². The Hall–Kier alpha value is -0.870. The Bertz CT molecular complexity index is 468. The standard InChI is InChI=1S/C16H23NO2S/c1-18-14-5-4-12(10-16(17)6-7-16)9-15(14)19-13-3-2-8-20-11-13/h4-5,9,13H,2-3,6-8,10-11,17H2,1H3. The van der Waals surface area contributed by atoms with Crippen molar-refractivity contribution < 1.29 is 9.47 Å². The predicted molar refractivity (Wildman–Crippen MR) is 83.8 cm³/mol. The molecule has 2 fully saturated rings. The predicted octanol–water partition coefficient (Wildman–Crippen LogP) is 3.00. The van der Waals surface area contributed by atoms with E-state index >= 15 is 0 Å². The van der Waals surface area contributed by atoms with Crippen LogP contribution in [-0.4, -0.2) is 30.3 Å². The molecule has 0 aromatic heterocycles. The number of benzene rings is 1.